The predicted octanol–water partition coefficient (Wildman–Crippen LogP) is 3.41. The van der Waals surface area contributed by atoms with E-state index < -0.39 is 0 Å². The number of carbonyl (C=O) groups is 1. The molecule has 4 heteroatoms. The van der Waals surface area contributed by atoms with Gasteiger partial charge in [0.1, 0.15) is 0 Å². The van der Waals surface area contributed by atoms with Gasteiger partial charge in [-0.3, -0.25) is 4.79 Å². The highest BCUT2D eigenvalue weighted by Crippen LogP contribution is 2.17. The maximum Gasteiger partial charge on any atom is 0.220 e. The number of thiophene rings is 1. The van der Waals surface area contributed by atoms with Crippen molar-refractivity contribution in [3.63, 3.8) is 0 Å². The van der Waals surface area contributed by atoms with E-state index in [1.54, 1.807) is 11.3 Å². The molecule has 0 saturated heterocycles. The van der Waals surface area contributed by atoms with E-state index in [9.17, 15) is 4.79 Å². The summed E-state index contributed by atoms with van der Waals surface area (Å²) in [4.78, 5) is 14.4. The Morgan fingerprint density at radius 1 is 1.19 bits per heavy atom. The minimum absolute atomic E-state index is 0.0628. The van der Waals surface area contributed by atoms with Crippen LogP contribution in [0.4, 0.5) is 0 Å². The van der Waals surface area contributed by atoms with E-state index >= 15 is 0 Å². The number of amides is 1. The first kappa shape index (κ1) is 15.7. The molecule has 0 radical (unpaired) electrons. The highest BCUT2D eigenvalue weighted by molar-refractivity contribution is 7.11. The minimum Gasteiger partial charge on any atom is -0.351 e. The van der Waals surface area contributed by atoms with E-state index in [4.69, 9.17) is 5.73 Å². The quantitative estimate of drug-likeness (QED) is 0.823. The normalized spacial score (nSPS) is 12.1. The van der Waals surface area contributed by atoms with Crippen LogP contribution in [0.2, 0.25) is 0 Å². The van der Waals surface area contributed by atoms with Crippen LogP contribution in [-0.4, -0.2) is 5.91 Å². The van der Waals surface area contributed by atoms with E-state index in [-0.39, 0.29) is 11.9 Å². The third-order valence-corrected chi connectivity index (χ3v) is 4.67. The van der Waals surface area contributed by atoms with Crippen molar-refractivity contribution in [1.29, 1.82) is 0 Å². The summed E-state index contributed by atoms with van der Waals surface area (Å²) in [5.74, 6) is 0.0628. The zero-order chi connectivity index (χ0) is 15.1. The van der Waals surface area contributed by atoms with Gasteiger partial charge in [-0.15, -0.1) is 11.3 Å². The minimum atomic E-state index is -0.0784. The van der Waals surface area contributed by atoms with Crippen molar-refractivity contribution in [3.8, 4) is 0 Å². The molecular weight excluding hydrogens is 280 g/mol. The van der Waals surface area contributed by atoms with Crippen LogP contribution in [0.25, 0.3) is 0 Å². The Kier molecular flexibility index (Phi) is 5.96. The molecule has 0 fully saturated rings. The molecule has 1 atom stereocenters. The third-order valence-electron chi connectivity index (χ3n) is 3.44. The second-order valence-electron chi connectivity index (χ2n) is 5.05. The number of hydrogen-bond acceptors (Lipinski definition) is 3. The summed E-state index contributed by atoms with van der Waals surface area (Å²) in [6.07, 6.45) is 2.17. The van der Waals surface area contributed by atoms with Gasteiger partial charge in [-0.1, -0.05) is 37.3 Å². The van der Waals surface area contributed by atoms with Crippen molar-refractivity contribution >= 4 is 17.2 Å². The molecule has 3 N–H and O–H groups in total. The second-order valence-corrected chi connectivity index (χ2v) is 6.31. The number of nitrogens with two attached hydrogens (primary N) is 1. The summed E-state index contributed by atoms with van der Waals surface area (Å²) in [6, 6.07) is 14.0. The van der Waals surface area contributed by atoms with Gasteiger partial charge >= 0.3 is 0 Å². The first-order chi connectivity index (χ1) is 10.2. The fourth-order valence-electron chi connectivity index (χ4n) is 2.13. The second kappa shape index (κ2) is 7.96. The summed E-state index contributed by atoms with van der Waals surface area (Å²) < 4.78 is 0. The summed E-state index contributed by atoms with van der Waals surface area (Å²) in [7, 11) is 0. The van der Waals surface area contributed by atoms with Gasteiger partial charge in [0, 0.05) is 22.2 Å². The lowest BCUT2D eigenvalue weighted by molar-refractivity contribution is -0.121. The van der Waals surface area contributed by atoms with Crippen molar-refractivity contribution < 1.29 is 4.79 Å². The van der Waals surface area contributed by atoms with Crippen molar-refractivity contribution in [2.24, 2.45) is 5.73 Å². The maximum atomic E-state index is 11.9. The molecule has 2 aromatic rings. The molecule has 0 saturated carbocycles. The van der Waals surface area contributed by atoms with Crippen LogP contribution in [0, 0.1) is 0 Å². The maximum absolute atomic E-state index is 11.9. The van der Waals surface area contributed by atoms with E-state index in [2.05, 4.69) is 24.4 Å². The summed E-state index contributed by atoms with van der Waals surface area (Å²) in [5.41, 5.74) is 7.17. The Balaban J connectivity index is 1.72. The first-order valence-corrected chi connectivity index (χ1v) is 8.15. The smallest absolute Gasteiger partial charge is 0.220 e. The lowest BCUT2D eigenvalue weighted by Gasteiger charge is -2.11. The Bertz CT molecular complexity index is 565. The molecule has 1 aromatic heterocycles. The van der Waals surface area contributed by atoms with Crippen molar-refractivity contribution in [3.05, 3.63) is 57.8 Å². The number of benzene rings is 1. The highest BCUT2D eigenvalue weighted by atomic mass is 32.1. The van der Waals surface area contributed by atoms with Crippen LogP contribution in [0.1, 0.15) is 41.1 Å². The molecule has 0 aliphatic carbocycles. The average Bonchev–Trinajstić information content (AvgIpc) is 2.99. The number of rotatable bonds is 7. The molecular formula is C17H22N2OS. The summed E-state index contributed by atoms with van der Waals surface area (Å²) >= 11 is 1.76. The molecule has 3 nitrogen and oxygen atoms in total. The van der Waals surface area contributed by atoms with Gasteiger partial charge in [-0.25, -0.2) is 0 Å². The van der Waals surface area contributed by atoms with E-state index in [1.807, 2.05) is 30.3 Å². The zero-order valence-corrected chi connectivity index (χ0v) is 13.2. The monoisotopic (exact) mass is 302 g/mol. The lowest BCUT2D eigenvalue weighted by atomic mass is 10.0. The summed E-state index contributed by atoms with van der Waals surface area (Å²) in [6.45, 7) is 2.75. The molecule has 0 aliphatic rings. The summed E-state index contributed by atoms with van der Waals surface area (Å²) in [5, 5.41) is 2.96. The van der Waals surface area contributed by atoms with E-state index in [0.717, 1.165) is 12.0 Å². The molecule has 1 unspecified atom stereocenters. The van der Waals surface area contributed by atoms with Gasteiger partial charge in [-0.05, 0) is 30.5 Å². The van der Waals surface area contributed by atoms with Gasteiger partial charge in [0.15, 0.2) is 0 Å². The van der Waals surface area contributed by atoms with Gasteiger partial charge in [0.2, 0.25) is 5.91 Å². The molecule has 2 rings (SSSR count). The lowest BCUT2D eigenvalue weighted by Crippen LogP contribution is -2.23. The highest BCUT2D eigenvalue weighted by Gasteiger charge is 2.09. The molecule has 112 valence electrons. The van der Waals surface area contributed by atoms with Crippen LogP contribution in [0.5, 0.6) is 0 Å². The first-order valence-electron chi connectivity index (χ1n) is 7.34. The molecule has 1 heterocycles. The van der Waals surface area contributed by atoms with Crippen LogP contribution in [0.3, 0.4) is 0 Å². The molecule has 1 aromatic carbocycles. The van der Waals surface area contributed by atoms with Crippen molar-refractivity contribution in [2.45, 2.75) is 38.8 Å². The average molecular weight is 302 g/mol. The Hall–Kier alpha value is -1.65. The van der Waals surface area contributed by atoms with Gasteiger partial charge < -0.3 is 11.1 Å². The molecule has 0 bridgehead atoms. The van der Waals surface area contributed by atoms with Crippen LogP contribution in [-0.2, 0) is 17.8 Å². The van der Waals surface area contributed by atoms with Crippen molar-refractivity contribution in [2.75, 3.05) is 0 Å². The number of aryl methyl sites for hydroxylation is 1. The van der Waals surface area contributed by atoms with Crippen LogP contribution < -0.4 is 11.1 Å². The topological polar surface area (TPSA) is 55.1 Å². The number of hydrogen-bond donors (Lipinski definition) is 2. The largest absolute Gasteiger partial charge is 0.351 e. The Labute approximate surface area is 130 Å². The van der Waals surface area contributed by atoms with Gasteiger partial charge in [0.25, 0.3) is 0 Å². The standard InChI is InChI=1S/C17H22N2OS/c1-2-14-8-9-15(21-14)12-19-17(20)11-10-16(18)13-6-4-3-5-7-13/h3-9,16H,2,10-12,18H2,1H3,(H,19,20). The predicted molar refractivity (Wildman–Crippen MR) is 88.1 cm³/mol. The Morgan fingerprint density at radius 3 is 2.57 bits per heavy atom. The Morgan fingerprint density at radius 2 is 1.90 bits per heavy atom. The van der Waals surface area contributed by atoms with Crippen LogP contribution in [0.15, 0.2) is 42.5 Å². The SMILES string of the molecule is CCc1ccc(CNC(=O)CCC(N)c2ccccc2)s1. The van der Waals surface area contributed by atoms with E-state index in [0.29, 0.717) is 19.4 Å². The number of nitrogens with one attached hydrogen (secondary N) is 1. The number of carbonyl (C=O) groups excluding carboxylic acids is 1. The van der Waals surface area contributed by atoms with E-state index in [1.165, 1.54) is 9.75 Å². The fourth-order valence-corrected chi connectivity index (χ4v) is 3.03. The molecule has 21 heavy (non-hydrogen) atoms. The van der Waals surface area contributed by atoms with Gasteiger partial charge in [-0.2, -0.15) is 0 Å². The van der Waals surface area contributed by atoms with Crippen molar-refractivity contribution in [1.82, 2.24) is 5.32 Å². The van der Waals surface area contributed by atoms with Gasteiger partial charge in [0.05, 0.1) is 6.54 Å². The fraction of sp³-hybridized carbons (Fsp3) is 0.353. The molecule has 0 aliphatic heterocycles. The molecule has 0 spiro atoms. The van der Waals surface area contributed by atoms with Crippen LogP contribution >= 0.6 is 11.3 Å². The zero-order valence-electron chi connectivity index (χ0n) is 12.3. The molecule has 1 amide bonds. The third kappa shape index (κ3) is 4.99.